The number of carbonyl (C=O) groups is 1. The van der Waals surface area contributed by atoms with Crippen LogP contribution in [0.1, 0.15) is 0 Å². The van der Waals surface area contributed by atoms with Crippen molar-refractivity contribution in [2.24, 2.45) is 4.99 Å². The van der Waals surface area contributed by atoms with Crippen LogP contribution in [-0.2, 0) is 4.74 Å². The zero-order chi connectivity index (χ0) is 13.9. The van der Waals surface area contributed by atoms with E-state index in [0.717, 1.165) is 6.21 Å². The molecule has 0 saturated carbocycles. The summed E-state index contributed by atoms with van der Waals surface area (Å²) < 4.78 is 4.49. The first kappa shape index (κ1) is 15.0. The minimum Gasteiger partial charge on any atom is -0.439 e. The third-order valence-corrected chi connectivity index (χ3v) is 2.52. The van der Waals surface area contributed by atoms with Crippen LogP contribution >= 0.6 is 0 Å². The number of hydrogen-bond donors (Lipinski definition) is 6. The molecular weight excluding hydrogens is 250 g/mol. The molecule has 0 aromatic carbocycles. The van der Waals surface area contributed by atoms with Gasteiger partial charge in [0.05, 0.1) is 6.61 Å². The van der Waals surface area contributed by atoms with E-state index < -0.39 is 49.3 Å². The summed E-state index contributed by atoms with van der Waals surface area (Å²) in [5.41, 5.74) is 0. The molecule has 18 heavy (non-hydrogen) atoms. The molecule has 0 bridgehead atoms. The zero-order valence-electron chi connectivity index (χ0n) is 9.20. The fourth-order valence-electron chi connectivity index (χ4n) is 1.44. The molecule has 0 fully saturated rings. The van der Waals surface area contributed by atoms with Gasteiger partial charge in [-0.2, -0.15) is 4.99 Å². The van der Waals surface area contributed by atoms with Gasteiger partial charge in [0, 0.05) is 6.21 Å². The van der Waals surface area contributed by atoms with E-state index in [1.54, 1.807) is 0 Å². The van der Waals surface area contributed by atoms with Gasteiger partial charge in [0.25, 0.3) is 0 Å². The van der Waals surface area contributed by atoms with Crippen LogP contribution in [0.5, 0.6) is 0 Å². The maximum Gasteiger partial charge on any atom is 0.433 e. The highest BCUT2D eigenvalue weighted by molar-refractivity contribution is 5.84. The lowest BCUT2D eigenvalue weighted by Crippen LogP contribution is -2.55. The van der Waals surface area contributed by atoms with Gasteiger partial charge in [-0.1, -0.05) is 0 Å². The van der Waals surface area contributed by atoms with Crippen LogP contribution in [-0.4, -0.2) is 86.2 Å². The highest BCUT2D eigenvalue weighted by Gasteiger charge is 2.41. The van der Waals surface area contributed by atoms with E-state index in [1.165, 1.54) is 0 Å². The van der Waals surface area contributed by atoms with Gasteiger partial charge in [-0.3, -0.25) is 0 Å². The summed E-state index contributed by atoms with van der Waals surface area (Å²) in [6.07, 6.45) is -10.5. The maximum atomic E-state index is 10.8. The molecule has 0 aromatic rings. The number of ether oxygens (including phenoxy) is 1. The lowest BCUT2D eigenvalue weighted by atomic mass is 9.96. The lowest BCUT2D eigenvalue weighted by molar-refractivity contribution is -0.151. The van der Waals surface area contributed by atoms with Gasteiger partial charge in [0.1, 0.15) is 30.5 Å². The van der Waals surface area contributed by atoms with Gasteiger partial charge in [0.2, 0.25) is 0 Å². The number of aliphatic hydroxyl groups is 6. The molecule has 6 N–H and O–H groups in total. The SMILES string of the molecule is O=C1N=C[C@@H](O)[C@@H]([C@H](O)[C@@H](O)[C@H](O)[C@H](O)CO)O1. The predicted octanol–water partition coefficient (Wildman–Crippen LogP) is -3.63. The van der Waals surface area contributed by atoms with Crippen molar-refractivity contribution in [2.75, 3.05) is 6.61 Å². The van der Waals surface area contributed by atoms with Crippen molar-refractivity contribution in [1.82, 2.24) is 0 Å². The minimum atomic E-state index is -1.92. The van der Waals surface area contributed by atoms with E-state index in [9.17, 15) is 25.2 Å². The molecule has 104 valence electrons. The fourth-order valence-corrected chi connectivity index (χ4v) is 1.44. The highest BCUT2D eigenvalue weighted by Crippen LogP contribution is 2.16. The van der Waals surface area contributed by atoms with Crippen molar-refractivity contribution in [3.63, 3.8) is 0 Å². The van der Waals surface area contributed by atoms with Crippen LogP contribution < -0.4 is 0 Å². The molecule has 1 amide bonds. The number of rotatable bonds is 5. The molecule has 1 heterocycles. The molecule has 1 aliphatic rings. The first-order chi connectivity index (χ1) is 8.38. The molecule has 9 heteroatoms. The highest BCUT2D eigenvalue weighted by atomic mass is 16.6. The van der Waals surface area contributed by atoms with Crippen LogP contribution in [0, 0.1) is 0 Å². The monoisotopic (exact) mass is 265 g/mol. The molecule has 9 nitrogen and oxygen atoms in total. The topological polar surface area (TPSA) is 160 Å². The molecule has 6 atom stereocenters. The first-order valence-corrected chi connectivity index (χ1v) is 5.14. The molecular formula is C9H15NO8. The second-order valence-corrected chi connectivity index (χ2v) is 3.84. The summed E-state index contributed by atoms with van der Waals surface area (Å²) in [5.74, 6) is 0. The lowest BCUT2D eigenvalue weighted by Gasteiger charge is -2.32. The van der Waals surface area contributed by atoms with Gasteiger partial charge in [0.15, 0.2) is 6.10 Å². The van der Waals surface area contributed by atoms with Crippen LogP contribution in [0.4, 0.5) is 4.79 Å². The summed E-state index contributed by atoms with van der Waals surface area (Å²) >= 11 is 0. The Labute approximate surface area is 102 Å². The molecule has 0 spiro atoms. The van der Waals surface area contributed by atoms with E-state index in [0.29, 0.717) is 0 Å². The van der Waals surface area contributed by atoms with Crippen molar-refractivity contribution < 1.29 is 40.2 Å². The maximum absolute atomic E-state index is 10.8. The first-order valence-electron chi connectivity index (χ1n) is 5.14. The number of aliphatic imine (C=N–C) groups is 1. The van der Waals surface area contributed by atoms with Crippen LogP contribution in [0.2, 0.25) is 0 Å². The van der Waals surface area contributed by atoms with Gasteiger partial charge in [-0.05, 0) is 0 Å². The third-order valence-electron chi connectivity index (χ3n) is 2.52. The van der Waals surface area contributed by atoms with Crippen LogP contribution in [0.3, 0.4) is 0 Å². The second kappa shape index (κ2) is 6.18. The summed E-state index contributed by atoms with van der Waals surface area (Å²) in [7, 11) is 0. The molecule has 1 rings (SSSR count). The van der Waals surface area contributed by atoms with Gasteiger partial charge in [-0.25, -0.2) is 4.79 Å². The molecule has 0 unspecified atom stereocenters. The summed E-state index contributed by atoms with van der Waals surface area (Å²) in [4.78, 5) is 13.9. The molecule has 0 saturated heterocycles. The molecule has 0 aliphatic carbocycles. The summed E-state index contributed by atoms with van der Waals surface area (Å²) in [5, 5.41) is 55.6. The van der Waals surface area contributed by atoms with E-state index in [1.807, 2.05) is 0 Å². The molecule has 0 radical (unpaired) electrons. The Balaban J connectivity index is 2.71. The van der Waals surface area contributed by atoms with Gasteiger partial charge in [-0.15, -0.1) is 0 Å². The number of amides is 1. The van der Waals surface area contributed by atoms with Crippen molar-refractivity contribution in [3.8, 4) is 0 Å². The smallest absolute Gasteiger partial charge is 0.433 e. The Morgan fingerprint density at radius 2 is 1.89 bits per heavy atom. The van der Waals surface area contributed by atoms with Crippen molar-refractivity contribution in [2.45, 2.75) is 36.6 Å². The Hall–Kier alpha value is -1.10. The van der Waals surface area contributed by atoms with Gasteiger partial charge >= 0.3 is 6.09 Å². The van der Waals surface area contributed by atoms with Crippen molar-refractivity contribution in [3.05, 3.63) is 0 Å². The minimum absolute atomic E-state index is 0.821. The average molecular weight is 265 g/mol. The Morgan fingerprint density at radius 1 is 1.28 bits per heavy atom. The number of nitrogens with zero attached hydrogens (tertiary/aromatic N) is 1. The Kier molecular flexibility index (Phi) is 5.14. The largest absolute Gasteiger partial charge is 0.439 e. The summed E-state index contributed by atoms with van der Waals surface area (Å²) in [6.45, 7) is -0.834. The fraction of sp³-hybridized carbons (Fsp3) is 0.778. The quantitative estimate of drug-likeness (QED) is 0.297. The number of hydrogen-bond acceptors (Lipinski definition) is 8. The van der Waals surface area contributed by atoms with Gasteiger partial charge < -0.3 is 35.4 Å². The van der Waals surface area contributed by atoms with Crippen LogP contribution in [0.25, 0.3) is 0 Å². The van der Waals surface area contributed by atoms with E-state index >= 15 is 0 Å². The zero-order valence-corrected chi connectivity index (χ0v) is 9.20. The van der Waals surface area contributed by atoms with Crippen LogP contribution in [0.15, 0.2) is 4.99 Å². The summed E-state index contributed by atoms with van der Waals surface area (Å²) in [6, 6.07) is 0. The number of aliphatic hydroxyl groups excluding tert-OH is 6. The molecule has 0 aromatic heterocycles. The third kappa shape index (κ3) is 3.22. The van der Waals surface area contributed by atoms with Crippen molar-refractivity contribution >= 4 is 12.3 Å². The van der Waals surface area contributed by atoms with E-state index in [2.05, 4.69) is 9.73 Å². The second-order valence-electron chi connectivity index (χ2n) is 3.84. The number of cyclic esters (lactones) is 1. The van der Waals surface area contributed by atoms with E-state index in [4.69, 9.17) is 10.2 Å². The number of carbonyl (C=O) groups excluding carboxylic acids is 1. The predicted molar refractivity (Wildman–Crippen MR) is 55.9 cm³/mol. The standard InChI is InChI=1S/C9H15NO8/c11-2-4(13)5(14)6(15)7(16)8-3(12)1-10-9(17)18-8/h1,3-8,11-16H,2H2/t3-,4-,5-,6+,7-,8+/m1/s1. The molecule has 1 aliphatic heterocycles. The Bertz CT molecular complexity index is 322. The average Bonchev–Trinajstić information content (AvgIpc) is 2.38. The Morgan fingerprint density at radius 3 is 2.44 bits per heavy atom. The van der Waals surface area contributed by atoms with Crippen molar-refractivity contribution in [1.29, 1.82) is 0 Å². The van der Waals surface area contributed by atoms with E-state index in [-0.39, 0.29) is 0 Å². The normalized spacial score (nSPS) is 30.4.